The molecule has 6 unspecified atom stereocenters. The maximum absolute atomic E-state index is 12.5. The van der Waals surface area contributed by atoms with Crippen molar-refractivity contribution in [1.82, 2.24) is 0 Å². The Morgan fingerprint density at radius 1 is 0.702 bits per heavy atom. The number of ether oxygens (including phenoxy) is 4. The van der Waals surface area contributed by atoms with Crippen molar-refractivity contribution in [3.05, 3.63) is 60.8 Å². The third kappa shape index (κ3) is 22.2. The number of carbonyl (C=O) groups is 1. The first-order chi connectivity index (χ1) is 22.9. The molecule has 1 rings (SSSR count). The van der Waals surface area contributed by atoms with E-state index in [1.165, 1.54) is 12.8 Å². The van der Waals surface area contributed by atoms with Crippen LogP contribution in [0.25, 0.3) is 0 Å². The summed E-state index contributed by atoms with van der Waals surface area (Å²) >= 11 is 0. The summed E-state index contributed by atoms with van der Waals surface area (Å²) < 4.78 is 22.5. The van der Waals surface area contributed by atoms with Crippen molar-refractivity contribution in [3.63, 3.8) is 0 Å². The molecule has 1 heterocycles. The number of carbonyl (C=O) groups excluding carboxylic acids is 1. The van der Waals surface area contributed by atoms with Gasteiger partial charge in [0.15, 0.2) is 6.29 Å². The predicted octanol–water partition coefficient (Wildman–Crippen LogP) is 6.40. The van der Waals surface area contributed by atoms with Gasteiger partial charge in [0.1, 0.15) is 30.5 Å². The second-order valence-corrected chi connectivity index (χ2v) is 11.9. The second kappa shape index (κ2) is 30.0. The molecule has 0 aromatic rings. The molecular weight excluding hydrogens is 600 g/mol. The molecule has 4 N–H and O–H groups in total. The summed E-state index contributed by atoms with van der Waals surface area (Å²) in [5.74, 6) is -0.343. The fourth-order valence-corrected chi connectivity index (χ4v) is 4.87. The van der Waals surface area contributed by atoms with Crippen LogP contribution in [0, 0.1) is 0 Å². The Morgan fingerprint density at radius 2 is 1.30 bits per heavy atom. The fourth-order valence-electron chi connectivity index (χ4n) is 4.87. The van der Waals surface area contributed by atoms with Crippen LogP contribution in [-0.4, -0.2) is 89.6 Å². The zero-order valence-corrected chi connectivity index (χ0v) is 29.0. The van der Waals surface area contributed by atoms with E-state index in [9.17, 15) is 25.2 Å². The number of aliphatic hydroxyl groups excluding tert-OH is 4. The molecular formula is C38H64O9. The highest BCUT2D eigenvalue weighted by Crippen LogP contribution is 2.22. The summed E-state index contributed by atoms with van der Waals surface area (Å²) in [5, 5.41) is 39.7. The van der Waals surface area contributed by atoms with E-state index in [0.29, 0.717) is 13.0 Å². The monoisotopic (exact) mass is 664 g/mol. The highest BCUT2D eigenvalue weighted by atomic mass is 16.7. The number of allylic oxidation sites excluding steroid dienone is 10. The lowest BCUT2D eigenvalue weighted by Gasteiger charge is -2.39. The van der Waals surface area contributed by atoms with Crippen molar-refractivity contribution in [1.29, 1.82) is 0 Å². The first-order valence-corrected chi connectivity index (χ1v) is 17.9. The SMILES string of the molecule is CC/C=C\C/C=C\C/C=C\C/C=C\C/C=C\CCCCOCC(COC1OC(CO)C(O)C(O)C1O)OC(=O)CCCCCCCC. The van der Waals surface area contributed by atoms with Crippen LogP contribution in [0.3, 0.4) is 0 Å². The molecule has 47 heavy (non-hydrogen) atoms. The number of hydrogen-bond acceptors (Lipinski definition) is 9. The molecule has 9 nitrogen and oxygen atoms in total. The molecule has 0 saturated carbocycles. The van der Waals surface area contributed by atoms with E-state index >= 15 is 0 Å². The van der Waals surface area contributed by atoms with E-state index in [2.05, 4.69) is 74.6 Å². The highest BCUT2D eigenvalue weighted by molar-refractivity contribution is 5.69. The standard InChI is InChI=1S/C38H64O9/c1-3-5-7-9-11-12-13-14-15-16-17-18-19-20-21-22-24-26-28-44-30-32(46-34(40)27-25-23-10-8-6-4-2)31-45-38-37(43)36(42)35(41)33(29-39)47-38/h5,7,11-12,14-15,17-18,20-21,32-33,35-39,41-43H,3-4,6,8-10,13,16,19,22-31H2,1-2H3/b7-5-,12-11-,15-14-,18-17-,21-20-. The number of hydrogen-bond donors (Lipinski definition) is 4. The third-order valence-corrected chi connectivity index (χ3v) is 7.70. The molecule has 1 aliphatic rings. The maximum atomic E-state index is 12.5. The fraction of sp³-hybridized carbons (Fsp3) is 0.711. The van der Waals surface area contributed by atoms with E-state index in [4.69, 9.17) is 18.9 Å². The molecule has 0 radical (unpaired) electrons. The second-order valence-electron chi connectivity index (χ2n) is 11.9. The molecule has 0 bridgehead atoms. The van der Waals surface area contributed by atoms with Crippen molar-refractivity contribution < 1.29 is 44.2 Å². The van der Waals surface area contributed by atoms with Gasteiger partial charge in [-0.05, 0) is 57.8 Å². The van der Waals surface area contributed by atoms with E-state index in [0.717, 1.165) is 77.0 Å². The Bertz CT molecular complexity index is 896. The lowest BCUT2D eigenvalue weighted by atomic mass is 9.99. The molecule has 9 heteroatoms. The predicted molar refractivity (Wildman–Crippen MR) is 187 cm³/mol. The minimum absolute atomic E-state index is 0.112. The molecule has 0 amide bonds. The Kier molecular flexibility index (Phi) is 27.4. The van der Waals surface area contributed by atoms with Gasteiger partial charge in [-0.3, -0.25) is 4.79 Å². The van der Waals surface area contributed by atoms with Gasteiger partial charge >= 0.3 is 5.97 Å². The van der Waals surface area contributed by atoms with E-state index < -0.39 is 43.4 Å². The van der Waals surface area contributed by atoms with Crippen LogP contribution in [0.4, 0.5) is 0 Å². The van der Waals surface area contributed by atoms with Gasteiger partial charge in [-0.2, -0.15) is 0 Å². The van der Waals surface area contributed by atoms with Gasteiger partial charge < -0.3 is 39.4 Å². The number of rotatable bonds is 28. The summed E-state index contributed by atoms with van der Waals surface area (Å²) in [4.78, 5) is 12.5. The molecule has 1 fully saturated rings. The molecule has 1 saturated heterocycles. The minimum atomic E-state index is -1.54. The molecule has 0 spiro atoms. The van der Waals surface area contributed by atoms with E-state index in [1.807, 2.05) is 0 Å². The van der Waals surface area contributed by atoms with Crippen LogP contribution in [0.2, 0.25) is 0 Å². The molecule has 6 atom stereocenters. The number of unbranched alkanes of at least 4 members (excludes halogenated alkanes) is 7. The van der Waals surface area contributed by atoms with E-state index in [-0.39, 0.29) is 19.2 Å². The quantitative estimate of drug-likeness (QED) is 0.0426. The first kappa shape index (κ1) is 42.9. The summed E-state index contributed by atoms with van der Waals surface area (Å²) in [6, 6.07) is 0. The van der Waals surface area contributed by atoms with Crippen LogP contribution in [0.15, 0.2) is 60.8 Å². The number of esters is 1. The number of aliphatic hydroxyl groups is 4. The Morgan fingerprint density at radius 3 is 1.91 bits per heavy atom. The van der Waals surface area contributed by atoms with Gasteiger partial charge in [-0.25, -0.2) is 0 Å². The van der Waals surface area contributed by atoms with Gasteiger partial charge in [0, 0.05) is 13.0 Å². The van der Waals surface area contributed by atoms with E-state index in [1.54, 1.807) is 0 Å². The molecule has 0 aromatic carbocycles. The summed E-state index contributed by atoms with van der Waals surface area (Å²) in [5.41, 5.74) is 0. The van der Waals surface area contributed by atoms with Crippen molar-refractivity contribution in [2.24, 2.45) is 0 Å². The lowest BCUT2D eigenvalue weighted by Crippen LogP contribution is -2.59. The van der Waals surface area contributed by atoms with Crippen LogP contribution < -0.4 is 0 Å². The normalized spacial score (nSPS) is 22.9. The van der Waals surface area contributed by atoms with Crippen molar-refractivity contribution >= 4 is 5.97 Å². The Balaban J connectivity index is 2.34. The van der Waals surface area contributed by atoms with Gasteiger partial charge in [-0.1, -0.05) is 107 Å². The van der Waals surface area contributed by atoms with Crippen molar-refractivity contribution in [2.75, 3.05) is 26.4 Å². The average Bonchev–Trinajstić information content (AvgIpc) is 3.07. The van der Waals surface area contributed by atoms with Gasteiger partial charge in [0.05, 0.1) is 19.8 Å². The minimum Gasteiger partial charge on any atom is -0.457 e. The van der Waals surface area contributed by atoms with Crippen LogP contribution in [0.1, 0.15) is 110 Å². The topological polar surface area (TPSA) is 135 Å². The van der Waals surface area contributed by atoms with Gasteiger partial charge in [0.2, 0.25) is 0 Å². The highest BCUT2D eigenvalue weighted by Gasteiger charge is 2.44. The van der Waals surface area contributed by atoms with Crippen molar-refractivity contribution in [3.8, 4) is 0 Å². The Labute approximate surface area is 284 Å². The third-order valence-electron chi connectivity index (χ3n) is 7.70. The van der Waals surface area contributed by atoms with Crippen molar-refractivity contribution in [2.45, 2.75) is 147 Å². The average molecular weight is 665 g/mol. The smallest absolute Gasteiger partial charge is 0.306 e. The lowest BCUT2D eigenvalue weighted by molar-refractivity contribution is -0.305. The summed E-state index contributed by atoms with van der Waals surface area (Å²) in [6.45, 7) is 4.23. The zero-order chi connectivity index (χ0) is 34.4. The Hall–Kier alpha value is -2.11. The summed E-state index contributed by atoms with van der Waals surface area (Å²) in [6.07, 6.45) is 28.5. The first-order valence-electron chi connectivity index (χ1n) is 17.9. The molecule has 270 valence electrons. The van der Waals surface area contributed by atoms with Gasteiger partial charge in [0.25, 0.3) is 0 Å². The molecule has 0 aliphatic carbocycles. The van der Waals surface area contributed by atoms with Crippen LogP contribution in [-0.2, 0) is 23.7 Å². The summed E-state index contributed by atoms with van der Waals surface area (Å²) in [7, 11) is 0. The zero-order valence-electron chi connectivity index (χ0n) is 29.0. The van der Waals surface area contributed by atoms with Crippen LogP contribution in [0.5, 0.6) is 0 Å². The van der Waals surface area contributed by atoms with Gasteiger partial charge in [-0.15, -0.1) is 0 Å². The molecule has 0 aromatic heterocycles. The largest absolute Gasteiger partial charge is 0.457 e. The van der Waals surface area contributed by atoms with Crippen LogP contribution >= 0.6 is 0 Å². The molecule has 1 aliphatic heterocycles. The maximum Gasteiger partial charge on any atom is 0.306 e.